The Morgan fingerprint density at radius 2 is 2.22 bits per heavy atom. The average Bonchev–Trinajstić information content (AvgIpc) is 3.16. The first-order valence-electron chi connectivity index (χ1n) is 8.19. The van der Waals surface area contributed by atoms with Crippen molar-refractivity contribution in [3.05, 3.63) is 51.2 Å². The molecule has 0 radical (unpaired) electrons. The molecule has 0 amide bonds. The fourth-order valence-electron chi connectivity index (χ4n) is 3.09. The molecule has 2 aromatic rings. The Morgan fingerprint density at radius 3 is 2.87 bits per heavy atom. The molecule has 1 fully saturated rings. The standard InChI is InChI=1S/C18H24FN3S/c1-13-3-4-15(7-17(13)19)9-22(10-16-5-6-20-8-16)11-18-14(2)21-12-23-18/h3-4,7,12,16,20H,5-6,8-11H2,1-2H3. The van der Waals surface area contributed by atoms with E-state index in [4.69, 9.17) is 0 Å². The molecule has 1 unspecified atom stereocenters. The number of halogens is 1. The van der Waals surface area contributed by atoms with E-state index in [1.165, 1.54) is 11.3 Å². The number of nitrogens with zero attached hydrogens (tertiary/aromatic N) is 2. The van der Waals surface area contributed by atoms with E-state index in [1.807, 2.05) is 24.6 Å². The molecule has 1 saturated heterocycles. The van der Waals surface area contributed by atoms with Crippen LogP contribution in [0.3, 0.4) is 0 Å². The van der Waals surface area contributed by atoms with Crippen molar-refractivity contribution in [2.75, 3.05) is 19.6 Å². The second-order valence-corrected chi connectivity index (χ2v) is 7.41. The van der Waals surface area contributed by atoms with Crippen molar-refractivity contribution < 1.29 is 4.39 Å². The van der Waals surface area contributed by atoms with Crippen LogP contribution in [0.5, 0.6) is 0 Å². The Morgan fingerprint density at radius 1 is 1.35 bits per heavy atom. The van der Waals surface area contributed by atoms with Gasteiger partial charge in [-0.05, 0) is 56.5 Å². The molecule has 0 bridgehead atoms. The summed E-state index contributed by atoms with van der Waals surface area (Å²) in [5.41, 5.74) is 4.77. The van der Waals surface area contributed by atoms with Gasteiger partial charge in [-0.2, -0.15) is 0 Å². The zero-order valence-corrected chi connectivity index (χ0v) is 14.6. The van der Waals surface area contributed by atoms with Crippen molar-refractivity contribution in [1.29, 1.82) is 0 Å². The van der Waals surface area contributed by atoms with Gasteiger partial charge >= 0.3 is 0 Å². The molecule has 3 rings (SSSR count). The first kappa shape index (κ1) is 16.6. The van der Waals surface area contributed by atoms with Crippen LogP contribution in [0.4, 0.5) is 4.39 Å². The number of nitrogens with one attached hydrogen (secondary N) is 1. The van der Waals surface area contributed by atoms with Gasteiger partial charge in [-0.3, -0.25) is 4.90 Å². The van der Waals surface area contributed by atoms with Gasteiger partial charge in [0, 0.05) is 24.5 Å². The molecule has 1 atom stereocenters. The molecule has 0 aliphatic carbocycles. The summed E-state index contributed by atoms with van der Waals surface area (Å²) in [5, 5.41) is 3.43. The van der Waals surface area contributed by atoms with E-state index in [9.17, 15) is 4.39 Å². The molecule has 1 aliphatic rings. The van der Waals surface area contributed by atoms with Crippen LogP contribution in [0.1, 0.15) is 28.1 Å². The summed E-state index contributed by atoms with van der Waals surface area (Å²) in [6.45, 7) is 8.78. The molecule has 0 spiro atoms. The van der Waals surface area contributed by atoms with Crippen LogP contribution in [-0.4, -0.2) is 29.5 Å². The highest BCUT2D eigenvalue weighted by Crippen LogP contribution is 2.20. The summed E-state index contributed by atoms with van der Waals surface area (Å²) < 4.78 is 13.8. The van der Waals surface area contributed by atoms with Crippen molar-refractivity contribution >= 4 is 11.3 Å². The molecule has 1 aromatic heterocycles. The maximum atomic E-state index is 13.8. The zero-order chi connectivity index (χ0) is 16.2. The summed E-state index contributed by atoms with van der Waals surface area (Å²) in [6, 6.07) is 5.59. The number of hydrogen-bond donors (Lipinski definition) is 1. The van der Waals surface area contributed by atoms with Crippen molar-refractivity contribution in [3.8, 4) is 0 Å². The topological polar surface area (TPSA) is 28.2 Å². The number of aryl methyl sites for hydroxylation is 2. The van der Waals surface area contributed by atoms with E-state index < -0.39 is 0 Å². The summed E-state index contributed by atoms with van der Waals surface area (Å²) in [7, 11) is 0. The molecular formula is C18H24FN3S. The Balaban J connectivity index is 1.73. The molecule has 124 valence electrons. The van der Waals surface area contributed by atoms with Crippen LogP contribution in [0.25, 0.3) is 0 Å². The maximum absolute atomic E-state index is 13.8. The van der Waals surface area contributed by atoms with Gasteiger partial charge < -0.3 is 5.32 Å². The van der Waals surface area contributed by atoms with Gasteiger partial charge in [0.05, 0.1) is 11.2 Å². The van der Waals surface area contributed by atoms with E-state index in [0.29, 0.717) is 11.5 Å². The second kappa shape index (κ2) is 7.51. The van der Waals surface area contributed by atoms with Gasteiger partial charge in [-0.1, -0.05) is 12.1 Å². The van der Waals surface area contributed by atoms with Crippen LogP contribution in [0.15, 0.2) is 23.7 Å². The molecular weight excluding hydrogens is 309 g/mol. The fourth-order valence-corrected chi connectivity index (χ4v) is 3.91. The van der Waals surface area contributed by atoms with Gasteiger partial charge in [-0.15, -0.1) is 11.3 Å². The lowest BCUT2D eigenvalue weighted by Crippen LogP contribution is -2.30. The molecule has 1 N–H and O–H groups in total. The normalized spacial score (nSPS) is 18.0. The third-order valence-corrected chi connectivity index (χ3v) is 5.45. The molecule has 1 aliphatic heterocycles. The Labute approximate surface area is 141 Å². The van der Waals surface area contributed by atoms with E-state index in [0.717, 1.165) is 44.0 Å². The quantitative estimate of drug-likeness (QED) is 0.877. The number of hydrogen-bond acceptors (Lipinski definition) is 4. The van der Waals surface area contributed by atoms with Crippen LogP contribution < -0.4 is 5.32 Å². The Bertz CT molecular complexity index is 649. The van der Waals surface area contributed by atoms with Crippen LogP contribution in [0.2, 0.25) is 0 Å². The van der Waals surface area contributed by atoms with Crippen molar-refractivity contribution in [2.24, 2.45) is 5.92 Å². The second-order valence-electron chi connectivity index (χ2n) is 6.47. The molecule has 1 aromatic carbocycles. The Kier molecular flexibility index (Phi) is 5.41. The average molecular weight is 333 g/mol. The first-order chi connectivity index (χ1) is 11.1. The van der Waals surface area contributed by atoms with Gasteiger partial charge in [0.25, 0.3) is 0 Å². The van der Waals surface area contributed by atoms with Crippen molar-refractivity contribution in [2.45, 2.75) is 33.4 Å². The number of aromatic nitrogens is 1. The predicted octanol–water partition coefficient (Wildman–Crippen LogP) is 3.51. The minimum absolute atomic E-state index is 0.112. The van der Waals surface area contributed by atoms with Crippen LogP contribution >= 0.6 is 11.3 Å². The SMILES string of the molecule is Cc1ccc(CN(Cc2scnc2C)CC2CCNC2)cc1F. The largest absolute Gasteiger partial charge is 0.316 e. The smallest absolute Gasteiger partial charge is 0.126 e. The highest BCUT2D eigenvalue weighted by atomic mass is 32.1. The molecule has 5 heteroatoms. The van der Waals surface area contributed by atoms with Crippen LogP contribution in [-0.2, 0) is 13.1 Å². The first-order valence-corrected chi connectivity index (χ1v) is 9.07. The maximum Gasteiger partial charge on any atom is 0.126 e. The summed E-state index contributed by atoms with van der Waals surface area (Å²) >= 11 is 1.71. The van der Waals surface area contributed by atoms with E-state index in [-0.39, 0.29) is 5.82 Å². The summed E-state index contributed by atoms with van der Waals surface area (Å²) in [5.74, 6) is 0.567. The van der Waals surface area contributed by atoms with E-state index >= 15 is 0 Å². The minimum atomic E-state index is -0.112. The summed E-state index contributed by atoms with van der Waals surface area (Å²) in [4.78, 5) is 8.10. The zero-order valence-electron chi connectivity index (χ0n) is 13.8. The van der Waals surface area contributed by atoms with Gasteiger partial charge in [0.15, 0.2) is 0 Å². The van der Waals surface area contributed by atoms with Gasteiger partial charge in [0.2, 0.25) is 0 Å². The highest BCUT2D eigenvalue weighted by molar-refractivity contribution is 7.09. The minimum Gasteiger partial charge on any atom is -0.316 e. The lowest BCUT2D eigenvalue weighted by atomic mass is 10.1. The monoisotopic (exact) mass is 333 g/mol. The van der Waals surface area contributed by atoms with Crippen molar-refractivity contribution in [1.82, 2.24) is 15.2 Å². The third kappa shape index (κ3) is 4.37. The highest BCUT2D eigenvalue weighted by Gasteiger charge is 2.20. The molecule has 0 saturated carbocycles. The van der Waals surface area contributed by atoms with Crippen molar-refractivity contribution in [3.63, 3.8) is 0 Å². The molecule has 3 nitrogen and oxygen atoms in total. The third-order valence-electron chi connectivity index (χ3n) is 4.53. The fraction of sp³-hybridized carbons (Fsp3) is 0.500. The molecule has 2 heterocycles. The summed E-state index contributed by atoms with van der Waals surface area (Å²) in [6.07, 6.45) is 1.22. The molecule has 23 heavy (non-hydrogen) atoms. The van der Waals surface area contributed by atoms with Crippen LogP contribution in [0, 0.1) is 25.6 Å². The van der Waals surface area contributed by atoms with E-state index in [1.54, 1.807) is 17.4 Å². The predicted molar refractivity (Wildman–Crippen MR) is 93.1 cm³/mol. The van der Waals surface area contributed by atoms with Gasteiger partial charge in [-0.25, -0.2) is 9.37 Å². The number of benzene rings is 1. The number of rotatable bonds is 6. The lowest BCUT2D eigenvalue weighted by Gasteiger charge is -2.25. The lowest BCUT2D eigenvalue weighted by molar-refractivity contribution is 0.222. The van der Waals surface area contributed by atoms with E-state index in [2.05, 4.69) is 22.1 Å². The Hall–Kier alpha value is -1.30. The number of thiazole rings is 1. The van der Waals surface area contributed by atoms with Gasteiger partial charge in [0.1, 0.15) is 5.82 Å².